The molecule has 70 valence electrons. The Bertz CT molecular complexity index is 328. The lowest BCUT2D eigenvalue weighted by molar-refractivity contribution is 0.526. The Morgan fingerprint density at radius 1 is 1.38 bits per heavy atom. The van der Waals surface area contributed by atoms with Crippen molar-refractivity contribution in [3.05, 3.63) is 22.5 Å². The van der Waals surface area contributed by atoms with Crippen LogP contribution in [-0.4, -0.2) is 11.0 Å². The Balaban J connectivity index is 1.84. The monoisotopic (exact) mass is 196 g/mol. The molecule has 0 aromatic carbocycles. The number of halogens is 1. The summed E-state index contributed by atoms with van der Waals surface area (Å²) in [6, 6.07) is 1.34. The number of aromatic nitrogens is 1. The first-order valence-corrected chi connectivity index (χ1v) is 5.34. The molecule has 0 aliphatic heterocycles. The average Bonchev–Trinajstić information content (AvgIpc) is 2.72. The highest BCUT2D eigenvalue weighted by molar-refractivity contribution is 6.30. The van der Waals surface area contributed by atoms with Gasteiger partial charge in [-0.05, 0) is 36.8 Å². The minimum atomic E-state index is 0.561. The highest BCUT2D eigenvalue weighted by atomic mass is 35.5. The van der Waals surface area contributed by atoms with Gasteiger partial charge >= 0.3 is 0 Å². The summed E-state index contributed by atoms with van der Waals surface area (Å²) >= 11 is 6.02. The molecule has 2 aliphatic carbocycles. The van der Waals surface area contributed by atoms with Gasteiger partial charge in [-0.3, -0.25) is 0 Å². The molecule has 0 saturated heterocycles. The van der Waals surface area contributed by atoms with Crippen molar-refractivity contribution in [2.24, 2.45) is 0 Å². The second kappa shape index (κ2) is 2.76. The van der Waals surface area contributed by atoms with Crippen LogP contribution in [0.25, 0.3) is 0 Å². The minimum absolute atomic E-state index is 0.561. The molecule has 3 rings (SSSR count). The normalized spacial score (nSPS) is 26.4. The molecule has 1 saturated carbocycles. The second-order valence-electron chi connectivity index (χ2n) is 4.07. The van der Waals surface area contributed by atoms with Crippen molar-refractivity contribution in [2.45, 2.75) is 37.8 Å². The van der Waals surface area contributed by atoms with E-state index in [0.29, 0.717) is 6.04 Å². The summed E-state index contributed by atoms with van der Waals surface area (Å²) < 4.78 is 0. The fourth-order valence-corrected chi connectivity index (χ4v) is 2.42. The first-order chi connectivity index (χ1) is 6.34. The molecule has 2 aliphatic rings. The average molecular weight is 197 g/mol. The van der Waals surface area contributed by atoms with E-state index < -0.39 is 0 Å². The highest BCUT2D eigenvalue weighted by Crippen LogP contribution is 2.37. The van der Waals surface area contributed by atoms with Gasteiger partial charge in [0.15, 0.2) is 0 Å². The van der Waals surface area contributed by atoms with E-state index in [1.54, 1.807) is 0 Å². The molecule has 2 N–H and O–H groups in total. The number of hydrogen-bond acceptors (Lipinski definition) is 1. The maximum atomic E-state index is 6.02. The van der Waals surface area contributed by atoms with Crippen LogP contribution in [0.3, 0.4) is 0 Å². The van der Waals surface area contributed by atoms with Crippen LogP contribution in [0.15, 0.2) is 6.20 Å². The summed E-state index contributed by atoms with van der Waals surface area (Å²) in [7, 11) is 0. The van der Waals surface area contributed by atoms with Crippen LogP contribution in [0.2, 0.25) is 5.15 Å². The molecule has 1 aromatic rings. The van der Waals surface area contributed by atoms with Crippen molar-refractivity contribution >= 4 is 11.6 Å². The van der Waals surface area contributed by atoms with Crippen LogP contribution < -0.4 is 5.32 Å². The number of nitrogens with one attached hydrogen (secondary N) is 2. The standard InChI is InChI=1S/C10H13ClN2/c11-10-7-3-4-9(8(7)5-12-10)13-6-1-2-6/h5-6,9,12-13H,1-4H2. The molecule has 1 aromatic heterocycles. The molecule has 0 amide bonds. The molecule has 0 bridgehead atoms. The Labute approximate surface area is 82.7 Å². The molecule has 1 unspecified atom stereocenters. The molecular weight excluding hydrogens is 184 g/mol. The van der Waals surface area contributed by atoms with Gasteiger partial charge in [0.25, 0.3) is 0 Å². The Morgan fingerprint density at radius 3 is 3.00 bits per heavy atom. The quantitative estimate of drug-likeness (QED) is 0.747. The number of aromatic amines is 1. The zero-order valence-corrected chi connectivity index (χ0v) is 8.19. The molecule has 1 fully saturated rings. The van der Waals surface area contributed by atoms with Crippen molar-refractivity contribution in [2.75, 3.05) is 0 Å². The summed E-state index contributed by atoms with van der Waals surface area (Å²) in [5, 5.41) is 4.49. The van der Waals surface area contributed by atoms with E-state index in [-0.39, 0.29) is 0 Å². The SMILES string of the molecule is Clc1[nH]cc2c1CCC2NC1CC1. The van der Waals surface area contributed by atoms with Crippen molar-refractivity contribution in [1.82, 2.24) is 10.3 Å². The van der Waals surface area contributed by atoms with Crippen LogP contribution in [0.1, 0.15) is 36.4 Å². The van der Waals surface area contributed by atoms with Crippen molar-refractivity contribution < 1.29 is 0 Å². The van der Waals surface area contributed by atoms with Gasteiger partial charge in [-0.1, -0.05) is 11.6 Å². The second-order valence-corrected chi connectivity index (χ2v) is 4.45. The largest absolute Gasteiger partial charge is 0.352 e. The maximum absolute atomic E-state index is 6.02. The molecule has 1 atom stereocenters. The van der Waals surface area contributed by atoms with Gasteiger partial charge in [0.05, 0.1) is 0 Å². The van der Waals surface area contributed by atoms with Gasteiger partial charge in [-0.25, -0.2) is 0 Å². The maximum Gasteiger partial charge on any atom is 0.109 e. The number of rotatable bonds is 2. The summed E-state index contributed by atoms with van der Waals surface area (Å²) in [6.07, 6.45) is 7.11. The third kappa shape index (κ3) is 1.29. The van der Waals surface area contributed by atoms with Gasteiger partial charge in [-0.15, -0.1) is 0 Å². The van der Waals surface area contributed by atoms with E-state index >= 15 is 0 Å². The first kappa shape index (κ1) is 7.89. The molecule has 0 radical (unpaired) electrons. The van der Waals surface area contributed by atoms with Gasteiger partial charge in [0, 0.05) is 18.3 Å². The van der Waals surface area contributed by atoms with Crippen LogP contribution in [-0.2, 0) is 6.42 Å². The smallest absolute Gasteiger partial charge is 0.109 e. The predicted octanol–water partition coefficient (Wildman–Crippen LogP) is 2.41. The summed E-state index contributed by atoms with van der Waals surface area (Å²) in [5.74, 6) is 0. The van der Waals surface area contributed by atoms with Gasteiger partial charge < -0.3 is 10.3 Å². The summed E-state index contributed by atoms with van der Waals surface area (Å²) in [5.41, 5.74) is 2.73. The van der Waals surface area contributed by atoms with E-state index in [1.165, 1.54) is 30.4 Å². The van der Waals surface area contributed by atoms with Gasteiger partial charge in [-0.2, -0.15) is 0 Å². The first-order valence-electron chi connectivity index (χ1n) is 4.96. The summed E-state index contributed by atoms with van der Waals surface area (Å²) in [6.45, 7) is 0. The van der Waals surface area contributed by atoms with E-state index in [2.05, 4.69) is 16.5 Å². The molecule has 2 nitrogen and oxygen atoms in total. The van der Waals surface area contributed by atoms with E-state index in [1.807, 2.05) is 0 Å². The lowest BCUT2D eigenvalue weighted by atomic mass is 10.2. The fraction of sp³-hybridized carbons (Fsp3) is 0.600. The fourth-order valence-electron chi connectivity index (χ4n) is 2.16. The van der Waals surface area contributed by atoms with Gasteiger partial charge in [0.1, 0.15) is 5.15 Å². The lowest BCUT2D eigenvalue weighted by Gasteiger charge is -2.10. The molecule has 1 heterocycles. The van der Waals surface area contributed by atoms with E-state index in [0.717, 1.165) is 17.6 Å². The zero-order valence-electron chi connectivity index (χ0n) is 7.44. The topological polar surface area (TPSA) is 27.8 Å². The molecule has 3 heteroatoms. The summed E-state index contributed by atoms with van der Waals surface area (Å²) in [4.78, 5) is 3.09. The third-order valence-electron chi connectivity index (χ3n) is 3.04. The lowest BCUT2D eigenvalue weighted by Crippen LogP contribution is -2.20. The van der Waals surface area contributed by atoms with Crippen LogP contribution in [0.4, 0.5) is 0 Å². The molecule has 13 heavy (non-hydrogen) atoms. The van der Waals surface area contributed by atoms with Crippen molar-refractivity contribution in [1.29, 1.82) is 0 Å². The third-order valence-corrected chi connectivity index (χ3v) is 3.38. The van der Waals surface area contributed by atoms with E-state index in [4.69, 9.17) is 11.6 Å². The van der Waals surface area contributed by atoms with Crippen LogP contribution in [0, 0.1) is 0 Å². The van der Waals surface area contributed by atoms with Crippen LogP contribution in [0.5, 0.6) is 0 Å². The zero-order chi connectivity index (χ0) is 8.84. The molecular formula is C10H13ClN2. The predicted molar refractivity (Wildman–Crippen MR) is 53.0 cm³/mol. The van der Waals surface area contributed by atoms with Crippen molar-refractivity contribution in [3.63, 3.8) is 0 Å². The Kier molecular flexibility index (Phi) is 1.67. The minimum Gasteiger partial charge on any atom is -0.352 e. The molecule has 0 spiro atoms. The van der Waals surface area contributed by atoms with Crippen LogP contribution >= 0.6 is 11.6 Å². The van der Waals surface area contributed by atoms with Gasteiger partial charge in [0.2, 0.25) is 0 Å². The Morgan fingerprint density at radius 2 is 2.23 bits per heavy atom. The highest BCUT2D eigenvalue weighted by Gasteiger charge is 2.30. The number of fused-ring (bicyclic) bond motifs is 1. The van der Waals surface area contributed by atoms with Crippen molar-refractivity contribution in [3.8, 4) is 0 Å². The Hall–Kier alpha value is -0.470. The van der Waals surface area contributed by atoms with E-state index in [9.17, 15) is 0 Å². The number of H-pyrrole nitrogens is 1. The number of hydrogen-bond donors (Lipinski definition) is 2.